The van der Waals surface area contributed by atoms with E-state index in [0.717, 1.165) is 40.7 Å². The lowest BCUT2D eigenvalue weighted by Gasteiger charge is -2.27. The molecule has 31 heavy (non-hydrogen) atoms. The number of nitrogens with zero attached hydrogens (tertiary/aromatic N) is 2. The Morgan fingerprint density at radius 3 is 2.42 bits per heavy atom. The number of nitrogen functional groups attached to an aromatic ring is 1. The van der Waals surface area contributed by atoms with Crippen molar-refractivity contribution in [1.29, 1.82) is 0 Å². The van der Waals surface area contributed by atoms with Gasteiger partial charge in [0.1, 0.15) is 15.5 Å². The number of rotatable bonds is 5. The summed E-state index contributed by atoms with van der Waals surface area (Å²) in [6, 6.07) is 3.68. The molecule has 4 rings (SSSR count). The monoisotopic (exact) mass is 443 g/mol. The van der Waals surface area contributed by atoms with Crippen LogP contribution >= 0.6 is 11.3 Å². The van der Waals surface area contributed by atoms with E-state index in [1.807, 2.05) is 6.07 Å². The first-order valence-electron chi connectivity index (χ1n) is 9.74. The van der Waals surface area contributed by atoms with Crippen LogP contribution in [-0.4, -0.2) is 57.9 Å². The molecule has 1 aliphatic rings. The molecule has 1 aliphatic heterocycles. The van der Waals surface area contributed by atoms with Crippen molar-refractivity contribution in [3.63, 3.8) is 0 Å². The Balaban J connectivity index is 2.13. The molecule has 0 unspecified atom stereocenters. The van der Waals surface area contributed by atoms with Crippen LogP contribution in [0, 0.1) is 0 Å². The van der Waals surface area contributed by atoms with Crippen LogP contribution in [0.1, 0.15) is 20.9 Å². The van der Waals surface area contributed by atoms with E-state index in [4.69, 9.17) is 29.7 Å². The summed E-state index contributed by atoms with van der Waals surface area (Å²) >= 11 is 1.25. The van der Waals surface area contributed by atoms with Crippen LogP contribution in [0.3, 0.4) is 0 Å². The second kappa shape index (κ2) is 8.24. The number of likely N-dealkylation sites (N-methyl/N-ethyl adjacent to an activating group) is 1. The Morgan fingerprint density at radius 1 is 1.10 bits per heavy atom. The quantitative estimate of drug-likeness (QED) is 0.600. The average Bonchev–Trinajstić information content (AvgIpc) is 3.12. The van der Waals surface area contributed by atoms with Crippen LogP contribution in [0.5, 0.6) is 17.2 Å². The van der Waals surface area contributed by atoms with Crippen molar-refractivity contribution in [2.75, 3.05) is 47.8 Å². The van der Waals surface area contributed by atoms with E-state index in [0.29, 0.717) is 39.2 Å². The lowest BCUT2D eigenvalue weighted by atomic mass is 9.91. The number of aromatic nitrogens is 1. The number of fused-ring (bicyclic) bond motifs is 2. The summed E-state index contributed by atoms with van der Waals surface area (Å²) < 4.78 is 21.7. The normalized spacial score (nSPS) is 13.7. The van der Waals surface area contributed by atoms with Crippen molar-refractivity contribution in [1.82, 2.24) is 9.88 Å². The third kappa shape index (κ3) is 3.43. The molecule has 2 N–H and O–H groups in total. The van der Waals surface area contributed by atoms with E-state index < -0.39 is 5.97 Å². The standard InChI is InChI=1S/C22H25N3O5S/c1-25-7-6-13-12(10-25)17(11-8-15(28-3)16(29-4)9-14(11)27-2)18-19(23)20(22(26)30-5)31-21(18)24-13/h8-9H,6-7,10,23H2,1-5H3. The highest BCUT2D eigenvalue weighted by Crippen LogP contribution is 2.48. The average molecular weight is 444 g/mol. The summed E-state index contributed by atoms with van der Waals surface area (Å²) in [5.74, 6) is 1.28. The summed E-state index contributed by atoms with van der Waals surface area (Å²) in [7, 11) is 8.20. The first-order valence-corrected chi connectivity index (χ1v) is 10.6. The molecule has 3 heterocycles. The van der Waals surface area contributed by atoms with Crippen LogP contribution < -0.4 is 19.9 Å². The lowest BCUT2D eigenvalue weighted by Crippen LogP contribution is -2.28. The van der Waals surface area contributed by atoms with Gasteiger partial charge >= 0.3 is 5.97 Å². The van der Waals surface area contributed by atoms with Crippen molar-refractivity contribution in [2.45, 2.75) is 13.0 Å². The third-order valence-electron chi connectivity index (χ3n) is 5.57. The molecule has 1 aromatic carbocycles. The highest BCUT2D eigenvalue weighted by atomic mass is 32.1. The predicted molar refractivity (Wildman–Crippen MR) is 121 cm³/mol. The predicted octanol–water partition coefficient (Wildman–Crippen LogP) is 3.35. The van der Waals surface area contributed by atoms with E-state index in [1.54, 1.807) is 27.4 Å². The summed E-state index contributed by atoms with van der Waals surface area (Å²) in [4.78, 5) is 20.5. The Morgan fingerprint density at radius 2 is 1.77 bits per heavy atom. The molecule has 0 amide bonds. The molecule has 0 atom stereocenters. The van der Waals surface area contributed by atoms with Gasteiger partial charge in [-0.15, -0.1) is 11.3 Å². The van der Waals surface area contributed by atoms with E-state index >= 15 is 0 Å². The van der Waals surface area contributed by atoms with Gasteiger partial charge in [0.2, 0.25) is 0 Å². The number of nitrogens with two attached hydrogens (primary N) is 1. The number of hydrogen-bond acceptors (Lipinski definition) is 9. The van der Waals surface area contributed by atoms with Gasteiger partial charge in [0.25, 0.3) is 0 Å². The fraction of sp³-hybridized carbons (Fsp3) is 0.364. The number of methoxy groups -OCH3 is 4. The molecule has 0 aliphatic carbocycles. The van der Waals surface area contributed by atoms with Crippen molar-refractivity contribution < 1.29 is 23.7 Å². The van der Waals surface area contributed by atoms with Crippen LogP contribution in [-0.2, 0) is 17.7 Å². The minimum absolute atomic E-state index is 0.349. The molecule has 3 aromatic rings. The second-order valence-electron chi connectivity index (χ2n) is 7.32. The number of anilines is 1. The Bertz CT molecular complexity index is 1170. The SMILES string of the molecule is COC(=O)c1sc2nc3c(c(-c4cc(OC)c(OC)cc4OC)c2c1N)CN(C)CC3. The van der Waals surface area contributed by atoms with Crippen LogP contribution in [0.25, 0.3) is 21.3 Å². The number of carbonyl (C=O) groups is 1. The minimum atomic E-state index is -0.471. The number of carbonyl (C=O) groups excluding carboxylic acids is 1. The molecular weight excluding hydrogens is 418 g/mol. The smallest absolute Gasteiger partial charge is 0.350 e. The first-order chi connectivity index (χ1) is 14.9. The summed E-state index contributed by atoms with van der Waals surface area (Å²) in [5.41, 5.74) is 10.6. The van der Waals surface area contributed by atoms with E-state index in [-0.39, 0.29) is 0 Å². The van der Waals surface area contributed by atoms with E-state index in [2.05, 4.69) is 11.9 Å². The van der Waals surface area contributed by atoms with Gasteiger partial charge in [-0.25, -0.2) is 9.78 Å². The number of pyridine rings is 1. The fourth-order valence-electron chi connectivity index (χ4n) is 4.03. The molecular formula is C22H25N3O5S. The highest BCUT2D eigenvalue weighted by Gasteiger charge is 2.29. The molecule has 9 heteroatoms. The molecule has 0 radical (unpaired) electrons. The Labute approximate surface area is 184 Å². The molecule has 8 nitrogen and oxygen atoms in total. The lowest BCUT2D eigenvalue weighted by molar-refractivity contribution is 0.0607. The molecule has 0 spiro atoms. The maximum Gasteiger partial charge on any atom is 0.350 e. The maximum absolute atomic E-state index is 12.3. The Hall–Kier alpha value is -3.04. The summed E-state index contributed by atoms with van der Waals surface area (Å²) in [6.07, 6.45) is 0.801. The fourth-order valence-corrected chi connectivity index (χ4v) is 5.07. The van der Waals surface area contributed by atoms with Gasteiger partial charge in [-0.3, -0.25) is 0 Å². The van der Waals surface area contributed by atoms with Gasteiger partial charge in [0.15, 0.2) is 11.5 Å². The minimum Gasteiger partial charge on any atom is -0.496 e. The Kier molecular flexibility index (Phi) is 5.63. The third-order valence-corrected chi connectivity index (χ3v) is 6.65. The van der Waals surface area contributed by atoms with Gasteiger partial charge in [0.05, 0.1) is 34.1 Å². The molecule has 0 bridgehead atoms. The molecule has 0 fully saturated rings. The molecule has 0 saturated heterocycles. The van der Waals surface area contributed by atoms with Crippen LogP contribution in [0.15, 0.2) is 12.1 Å². The second-order valence-corrected chi connectivity index (χ2v) is 8.32. The zero-order valence-corrected chi connectivity index (χ0v) is 19.0. The molecule has 0 saturated carbocycles. The molecule has 164 valence electrons. The number of thiophene rings is 1. The topological polar surface area (TPSA) is 96.1 Å². The van der Waals surface area contributed by atoms with Gasteiger partial charge in [-0.1, -0.05) is 0 Å². The zero-order chi connectivity index (χ0) is 22.3. The highest BCUT2D eigenvalue weighted by molar-refractivity contribution is 7.21. The van der Waals surface area contributed by atoms with Crippen molar-refractivity contribution in [3.8, 4) is 28.4 Å². The van der Waals surface area contributed by atoms with Crippen molar-refractivity contribution >= 4 is 33.2 Å². The van der Waals surface area contributed by atoms with Crippen molar-refractivity contribution in [2.24, 2.45) is 0 Å². The summed E-state index contributed by atoms with van der Waals surface area (Å²) in [6.45, 7) is 1.60. The first kappa shape index (κ1) is 21.2. The van der Waals surface area contributed by atoms with Crippen LogP contribution in [0.4, 0.5) is 5.69 Å². The largest absolute Gasteiger partial charge is 0.496 e. The van der Waals surface area contributed by atoms with Gasteiger partial charge in [-0.2, -0.15) is 0 Å². The van der Waals surface area contributed by atoms with E-state index in [9.17, 15) is 4.79 Å². The number of ether oxygens (including phenoxy) is 4. The van der Waals surface area contributed by atoms with Gasteiger partial charge < -0.3 is 29.6 Å². The summed E-state index contributed by atoms with van der Waals surface area (Å²) in [5, 5.41) is 0.727. The zero-order valence-electron chi connectivity index (χ0n) is 18.2. The molecule has 2 aromatic heterocycles. The van der Waals surface area contributed by atoms with Gasteiger partial charge in [-0.05, 0) is 18.7 Å². The number of benzene rings is 1. The maximum atomic E-state index is 12.3. The van der Waals surface area contributed by atoms with E-state index in [1.165, 1.54) is 18.4 Å². The number of hydrogen-bond donors (Lipinski definition) is 1. The van der Waals surface area contributed by atoms with Gasteiger partial charge in [0, 0.05) is 47.8 Å². The van der Waals surface area contributed by atoms with Crippen LogP contribution in [0.2, 0.25) is 0 Å². The van der Waals surface area contributed by atoms with Crippen molar-refractivity contribution in [3.05, 3.63) is 28.3 Å². The number of esters is 1.